The maximum Gasteiger partial charge on any atom is 0.224 e. The number of anilines is 2. The minimum absolute atomic E-state index is 0.813. The van der Waals surface area contributed by atoms with Gasteiger partial charge in [-0.25, -0.2) is 4.98 Å². The normalized spacial score (nSPS) is 16.9. The topological polar surface area (TPSA) is 44.3 Å². The fourth-order valence-corrected chi connectivity index (χ4v) is 4.37. The average Bonchev–Trinajstić information content (AvgIpc) is 3.01. The number of benzene rings is 1. The van der Waals surface area contributed by atoms with Gasteiger partial charge in [-0.15, -0.1) is 0 Å². The van der Waals surface area contributed by atoms with Crippen LogP contribution in [-0.4, -0.2) is 48.1 Å². The van der Waals surface area contributed by atoms with Gasteiger partial charge in [-0.3, -0.25) is 0 Å². The number of hydrogen-bond donors (Lipinski definition) is 1. The third kappa shape index (κ3) is 4.82. The molecule has 1 aromatic carbocycles. The zero-order chi connectivity index (χ0) is 19.2. The third-order valence-electron chi connectivity index (χ3n) is 5.89. The summed E-state index contributed by atoms with van der Waals surface area (Å²) in [6, 6.07) is 10.6. The van der Waals surface area contributed by atoms with E-state index in [9.17, 15) is 0 Å². The lowest BCUT2D eigenvalue weighted by molar-refractivity contribution is 0.340. The first kappa shape index (κ1) is 19.2. The van der Waals surface area contributed by atoms with Crippen molar-refractivity contribution in [2.45, 2.75) is 51.5 Å². The first-order chi connectivity index (χ1) is 13.8. The highest BCUT2D eigenvalue weighted by atomic mass is 15.2. The molecule has 1 fully saturated rings. The summed E-state index contributed by atoms with van der Waals surface area (Å²) in [4.78, 5) is 14.7. The summed E-state index contributed by atoms with van der Waals surface area (Å²) in [5.74, 6) is 2.03. The Morgan fingerprint density at radius 2 is 1.75 bits per heavy atom. The van der Waals surface area contributed by atoms with Gasteiger partial charge in [0.2, 0.25) is 5.95 Å². The molecule has 5 nitrogen and oxygen atoms in total. The number of nitrogens with zero attached hydrogens (tertiary/aromatic N) is 4. The van der Waals surface area contributed by atoms with Crippen LogP contribution in [0.25, 0.3) is 0 Å². The zero-order valence-electron chi connectivity index (χ0n) is 17.2. The van der Waals surface area contributed by atoms with Crippen molar-refractivity contribution in [2.24, 2.45) is 0 Å². The summed E-state index contributed by atoms with van der Waals surface area (Å²) in [6.07, 6.45) is 8.72. The van der Waals surface area contributed by atoms with Crippen LogP contribution < -0.4 is 10.2 Å². The second-order valence-electron chi connectivity index (χ2n) is 8.20. The first-order valence-corrected chi connectivity index (χ1v) is 10.9. The van der Waals surface area contributed by atoms with E-state index in [1.54, 1.807) is 0 Å². The molecule has 150 valence electrons. The lowest BCUT2D eigenvalue weighted by Crippen LogP contribution is -2.28. The molecule has 2 aliphatic rings. The Hall–Kier alpha value is -2.14. The second kappa shape index (κ2) is 9.37. The van der Waals surface area contributed by atoms with Gasteiger partial charge in [0.1, 0.15) is 5.82 Å². The van der Waals surface area contributed by atoms with Crippen molar-refractivity contribution in [3.05, 3.63) is 47.2 Å². The summed E-state index contributed by atoms with van der Waals surface area (Å²) in [5, 5.41) is 3.50. The third-order valence-corrected chi connectivity index (χ3v) is 5.89. The molecule has 1 aliphatic carbocycles. The van der Waals surface area contributed by atoms with Crippen LogP contribution in [0.3, 0.4) is 0 Å². The van der Waals surface area contributed by atoms with Crippen LogP contribution in [0.15, 0.2) is 30.3 Å². The number of hydrogen-bond acceptors (Lipinski definition) is 5. The molecule has 28 heavy (non-hydrogen) atoms. The molecular weight excluding hydrogens is 346 g/mol. The summed E-state index contributed by atoms with van der Waals surface area (Å²) in [7, 11) is 2.17. The lowest BCUT2D eigenvalue weighted by atomic mass is 10.2. The Balaban J connectivity index is 1.38. The standard InChI is InChI=1S/C23H33N5/c1-27(18-19-10-5-4-6-11-19)17-14-24-23-25-21-13-9-12-20(21)22(26-23)28-15-7-2-3-8-16-28/h4-6,10-11H,2-3,7-9,12-18H2,1H3,(H,24,25,26). The van der Waals surface area contributed by atoms with Gasteiger partial charge in [-0.2, -0.15) is 4.98 Å². The van der Waals surface area contributed by atoms with Crippen LogP contribution in [0, 0.1) is 0 Å². The monoisotopic (exact) mass is 379 g/mol. The fourth-order valence-electron chi connectivity index (χ4n) is 4.37. The van der Waals surface area contributed by atoms with Crippen LogP contribution >= 0.6 is 0 Å². The Bertz CT molecular complexity index is 753. The van der Waals surface area contributed by atoms with Gasteiger partial charge >= 0.3 is 0 Å². The smallest absolute Gasteiger partial charge is 0.224 e. The van der Waals surface area contributed by atoms with Crippen molar-refractivity contribution in [2.75, 3.05) is 43.4 Å². The van der Waals surface area contributed by atoms with Crippen molar-refractivity contribution in [1.82, 2.24) is 14.9 Å². The molecule has 1 aromatic heterocycles. The summed E-state index contributed by atoms with van der Waals surface area (Å²) in [5.41, 5.74) is 4.03. The molecule has 0 atom stereocenters. The molecule has 1 saturated heterocycles. The molecule has 5 heteroatoms. The van der Waals surface area contributed by atoms with Gasteiger partial charge in [-0.1, -0.05) is 43.2 Å². The SMILES string of the molecule is CN(CCNc1nc2c(c(N3CCCCCC3)n1)CCC2)Cc1ccccc1. The van der Waals surface area contributed by atoms with E-state index in [1.165, 1.54) is 54.7 Å². The fraction of sp³-hybridized carbons (Fsp3) is 0.565. The lowest BCUT2D eigenvalue weighted by Gasteiger charge is -2.24. The van der Waals surface area contributed by atoms with E-state index >= 15 is 0 Å². The van der Waals surface area contributed by atoms with E-state index in [0.717, 1.165) is 51.5 Å². The van der Waals surface area contributed by atoms with Crippen molar-refractivity contribution >= 4 is 11.8 Å². The van der Waals surface area contributed by atoms with E-state index in [0.29, 0.717) is 0 Å². The minimum Gasteiger partial charge on any atom is -0.356 e. The Morgan fingerprint density at radius 1 is 0.964 bits per heavy atom. The van der Waals surface area contributed by atoms with E-state index in [2.05, 4.69) is 52.5 Å². The molecule has 1 aliphatic heterocycles. The summed E-state index contributed by atoms with van der Waals surface area (Å²) < 4.78 is 0. The van der Waals surface area contributed by atoms with E-state index in [1.807, 2.05) is 0 Å². The van der Waals surface area contributed by atoms with Crippen molar-refractivity contribution < 1.29 is 0 Å². The molecule has 1 N–H and O–H groups in total. The first-order valence-electron chi connectivity index (χ1n) is 10.9. The molecular formula is C23H33N5. The molecule has 0 unspecified atom stereocenters. The minimum atomic E-state index is 0.813. The van der Waals surface area contributed by atoms with Gasteiger partial charge < -0.3 is 15.1 Å². The molecule has 2 heterocycles. The number of likely N-dealkylation sites (N-methyl/N-ethyl adjacent to an activating group) is 1. The van der Waals surface area contributed by atoms with E-state index in [4.69, 9.17) is 9.97 Å². The average molecular weight is 380 g/mol. The van der Waals surface area contributed by atoms with Crippen molar-refractivity contribution in [3.63, 3.8) is 0 Å². The highest BCUT2D eigenvalue weighted by Crippen LogP contribution is 2.31. The molecule has 0 spiro atoms. The summed E-state index contributed by atoms with van der Waals surface area (Å²) in [6.45, 7) is 5.08. The van der Waals surface area contributed by atoms with Crippen LogP contribution in [0.1, 0.15) is 48.9 Å². The number of aryl methyl sites for hydroxylation is 1. The maximum atomic E-state index is 4.98. The van der Waals surface area contributed by atoms with Gasteiger partial charge in [0, 0.05) is 38.3 Å². The number of fused-ring (bicyclic) bond motifs is 1. The molecule has 4 rings (SSSR count). The zero-order valence-corrected chi connectivity index (χ0v) is 17.2. The highest BCUT2D eigenvalue weighted by molar-refractivity contribution is 5.54. The Morgan fingerprint density at radius 3 is 2.54 bits per heavy atom. The van der Waals surface area contributed by atoms with Gasteiger partial charge in [0.15, 0.2) is 0 Å². The van der Waals surface area contributed by atoms with Gasteiger partial charge in [0.25, 0.3) is 0 Å². The largest absolute Gasteiger partial charge is 0.356 e. The molecule has 0 saturated carbocycles. The van der Waals surface area contributed by atoms with Gasteiger partial charge in [0.05, 0.1) is 5.69 Å². The molecule has 0 bridgehead atoms. The maximum absolute atomic E-state index is 4.98. The van der Waals surface area contributed by atoms with Crippen LogP contribution in [-0.2, 0) is 19.4 Å². The predicted octanol–water partition coefficient (Wildman–Crippen LogP) is 3.89. The Kier molecular flexibility index (Phi) is 6.42. The van der Waals surface area contributed by atoms with Crippen LogP contribution in [0.5, 0.6) is 0 Å². The Labute approximate surface area is 169 Å². The summed E-state index contributed by atoms with van der Waals surface area (Å²) >= 11 is 0. The van der Waals surface area contributed by atoms with Crippen molar-refractivity contribution in [3.8, 4) is 0 Å². The van der Waals surface area contributed by atoms with Crippen LogP contribution in [0.2, 0.25) is 0 Å². The molecule has 2 aromatic rings. The molecule has 0 amide bonds. The number of nitrogens with one attached hydrogen (secondary N) is 1. The quantitative estimate of drug-likeness (QED) is 0.791. The number of aromatic nitrogens is 2. The van der Waals surface area contributed by atoms with E-state index < -0.39 is 0 Å². The van der Waals surface area contributed by atoms with Crippen molar-refractivity contribution in [1.29, 1.82) is 0 Å². The molecule has 0 radical (unpaired) electrons. The highest BCUT2D eigenvalue weighted by Gasteiger charge is 2.23. The van der Waals surface area contributed by atoms with E-state index in [-0.39, 0.29) is 0 Å². The van der Waals surface area contributed by atoms with Crippen LogP contribution in [0.4, 0.5) is 11.8 Å². The van der Waals surface area contributed by atoms with Gasteiger partial charge in [-0.05, 0) is 44.7 Å². The second-order valence-corrected chi connectivity index (χ2v) is 8.20. The number of rotatable bonds is 7. The predicted molar refractivity (Wildman–Crippen MR) is 116 cm³/mol.